The summed E-state index contributed by atoms with van der Waals surface area (Å²) < 4.78 is 43.7. The van der Waals surface area contributed by atoms with Gasteiger partial charge in [-0.25, -0.2) is 0 Å². The van der Waals surface area contributed by atoms with E-state index in [4.69, 9.17) is 4.74 Å². The van der Waals surface area contributed by atoms with Crippen molar-refractivity contribution in [2.24, 2.45) is 17.8 Å². The number of nitrogens with zero attached hydrogens (tertiary/aromatic N) is 1. The minimum Gasteiger partial charge on any atom is -0.484 e. The second-order valence-electron chi connectivity index (χ2n) is 13.1. The third kappa shape index (κ3) is 4.93. The first kappa shape index (κ1) is 29.5. The van der Waals surface area contributed by atoms with Crippen molar-refractivity contribution in [2.75, 3.05) is 13.1 Å². The van der Waals surface area contributed by atoms with Crippen LogP contribution in [0.2, 0.25) is 0 Å². The second kappa shape index (κ2) is 11.5. The molecule has 4 atom stereocenters. The van der Waals surface area contributed by atoms with Crippen LogP contribution in [0.1, 0.15) is 94.4 Å². The van der Waals surface area contributed by atoms with Crippen LogP contribution in [0.25, 0.3) is 12.2 Å². The maximum atomic E-state index is 13.0. The van der Waals surface area contributed by atoms with Crippen molar-refractivity contribution in [3.63, 3.8) is 0 Å². The summed E-state index contributed by atoms with van der Waals surface area (Å²) in [5, 5.41) is 2.09. The van der Waals surface area contributed by atoms with Gasteiger partial charge >= 0.3 is 0 Å². The zero-order chi connectivity index (χ0) is 29.8. The minimum atomic E-state index is -4.45. The Morgan fingerprint density at radius 1 is 1.07 bits per heavy atom. The van der Waals surface area contributed by atoms with Crippen LogP contribution in [0.3, 0.4) is 0 Å². The molecule has 42 heavy (non-hydrogen) atoms. The molecule has 2 aromatic rings. The standard InChI is InChI=1S/C36H47NO4S/c1-6-8-12-25-21-30-33(28-17-16-22(3)20-31(28)42(38,39)40)32-24(5)26-14-10-18-37-19-11-15-29(34(26)37)36(32)41-35(30)27(23(25)4)13-9-7-2/h16-17,20-21,24,26,32,36H,4,6-15,18-19H2,1-3,5H3,(H,38,39,40). The number of unbranched alkanes of at least 4 members (excludes halogenated alkanes) is 2. The molecule has 1 N–H and O–H groups in total. The number of piperidine rings is 1. The van der Waals surface area contributed by atoms with Crippen LogP contribution in [-0.4, -0.2) is 37.1 Å². The average Bonchev–Trinajstić information content (AvgIpc) is 2.97. The van der Waals surface area contributed by atoms with Crippen LogP contribution < -0.4 is 15.2 Å². The number of allylic oxidation sites excluding steroid dienone is 1. The molecular weight excluding hydrogens is 542 g/mol. The van der Waals surface area contributed by atoms with Crippen LogP contribution >= 0.6 is 0 Å². The summed E-state index contributed by atoms with van der Waals surface area (Å²) in [6.07, 6.45) is 10.4. The number of aryl methyl sites for hydroxylation is 2. The van der Waals surface area contributed by atoms with E-state index in [-0.39, 0.29) is 22.8 Å². The predicted octanol–water partition coefficient (Wildman–Crippen LogP) is 6.32. The lowest BCUT2D eigenvalue weighted by molar-refractivity contribution is 0.0660. The number of rotatable bonds is 8. The van der Waals surface area contributed by atoms with E-state index < -0.39 is 10.1 Å². The van der Waals surface area contributed by atoms with Crippen LogP contribution in [0.15, 0.2) is 40.4 Å². The molecule has 226 valence electrons. The summed E-state index contributed by atoms with van der Waals surface area (Å²) in [7, 11) is -4.45. The van der Waals surface area contributed by atoms with Gasteiger partial charge in [-0.3, -0.25) is 4.55 Å². The molecule has 2 aromatic carbocycles. The maximum absolute atomic E-state index is 13.0. The summed E-state index contributed by atoms with van der Waals surface area (Å²) in [5.74, 6) is 1.59. The van der Waals surface area contributed by atoms with Crippen LogP contribution in [0.5, 0.6) is 5.75 Å². The minimum absolute atomic E-state index is 0.00350. The number of ether oxygens (including phenoxy) is 1. The van der Waals surface area contributed by atoms with Gasteiger partial charge in [-0.1, -0.05) is 52.3 Å². The summed E-state index contributed by atoms with van der Waals surface area (Å²) in [4.78, 5) is 2.63. The topological polar surface area (TPSA) is 66.8 Å². The van der Waals surface area contributed by atoms with Crippen molar-refractivity contribution in [3.8, 4) is 5.75 Å². The third-order valence-electron chi connectivity index (χ3n) is 10.5. The fraction of sp³-hybridized carbons (Fsp3) is 0.556. The van der Waals surface area contributed by atoms with Gasteiger partial charge in [0.1, 0.15) is 16.7 Å². The molecular formula is C36H47NO4S. The Hall–Kier alpha value is -2.57. The first-order chi connectivity index (χ1) is 20.2. The van der Waals surface area contributed by atoms with Crippen LogP contribution in [-0.2, 0) is 23.0 Å². The molecule has 1 aliphatic carbocycles. The van der Waals surface area contributed by atoms with Crippen molar-refractivity contribution >= 4 is 22.3 Å². The van der Waals surface area contributed by atoms with Gasteiger partial charge in [0.05, 0.1) is 0 Å². The Morgan fingerprint density at radius 3 is 2.55 bits per heavy atom. The molecule has 0 bridgehead atoms. The number of fused-ring (bicyclic) bond motifs is 3. The highest BCUT2D eigenvalue weighted by Crippen LogP contribution is 2.53. The zero-order valence-corrected chi connectivity index (χ0v) is 26.7. The van der Waals surface area contributed by atoms with Crippen LogP contribution in [0, 0.1) is 24.7 Å². The molecule has 0 spiro atoms. The molecule has 6 heteroatoms. The highest BCUT2D eigenvalue weighted by atomic mass is 32.2. The Morgan fingerprint density at radius 2 is 1.81 bits per heavy atom. The first-order valence-corrected chi connectivity index (χ1v) is 17.7. The van der Waals surface area contributed by atoms with Crippen molar-refractivity contribution in [1.82, 2.24) is 4.90 Å². The number of hydrogen-bond acceptors (Lipinski definition) is 4. The van der Waals surface area contributed by atoms with Gasteiger partial charge in [0.15, 0.2) is 0 Å². The highest BCUT2D eigenvalue weighted by Gasteiger charge is 2.50. The van der Waals surface area contributed by atoms with Gasteiger partial charge in [0.2, 0.25) is 0 Å². The molecule has 4 aliphatic rings. The molecule has 5 nitrogen and oxygen atoms in total. The predicted molar refractivity (Wildman–Crippen MR) is 170 cm³/mol. The quantitative estimate of drug-likeness (QED) is 0.365. The first-order valence-electron chi connectivity index (χ1n) is 16.3. The monoisotopic (exact) mass is 589 g/mol. The fourth-order valence-corrected chi connectivity index (χ4v) is 9.21. The summed E-state index contributed by atoms with van der Waals surface area (Å²) >= 11 is 0. The Kier molecular flexibility index (Phi) is 8.08. The van der Waals surface area contributed by atoms with E-state index in [2.05, 4.69) is 38.3 Å². The Balaban J connectivity index is 1.72. The van der Waals surface area contributed by atoms with Gasteiger partial charge in [0.25, 0.3) is 10.1 Å². The third-order valence-corrected chi connectivity index (χ3v) is 11.3. The largest absolute Gasteiger partial charge is 0.484 e. The zero-order valence-electron chi connectivity index (χ0n) is 25.8. The van der Waals surface area contributed by atoms with Crippen molar-refractivity contribution in [2.45, 2.75) is 103 Å². The molecule has 3 heterocycles. The van der Waals surface area contributed by atoms with Gasteiger partial charge in [-0.2, -0.15) is 8.42 Å². The van der Waals surface area contributed by atoms with E-state index in [1.54, 1.807) is 6.07 Å². The van der Waals surface area contributed by atoms with Gasteiger partial charge < -0.3 is 9.64 Å². The van der Waals surface area contributed by atoms with Crippen LogP contribution in [0.4, 0.5) is 0 Å². The summed E-state index contributed by atoms with van der Waals surface area (Å²) in [6.45, 7) is 15.5. The molecule has 3 aliphatic heterocycles. The number of hydrogen-bond donors (Lipinski definition) is 1. The van der Waals surface area contributed by atoms with E-state index in [9.17, 15) is 13.0 Å². The van der Waals surface area contributed by atoms with E-state index in [1.807, 2.05) is 19.1 Å². The van der Waals surface area contributed by atoms with E-state index >= 15 is 0 Å². The SMILES string of the molecule is C=c1c(CCCC)cc2c(c1CCCC)OC1C3=C4C(CCCN4CCC3)C(C)C1C=2c1ccc(C)cc1S(=O)(=O)O. The smallest absolute Gasteiger partial charge is 0.295 e. The Labute approximate surface area is 252 Å². The number of benzene rings is 2. The fourth-order valence-electron chi connectivity index (χ4n) is 8.42. The van der Waals surface area contributed by atoms with Gasteiger partial charge in [0, 0.05) is 41.4 Å². The molecule has 4 unspecified atom stereocenters. The Bertz CT molecular complexity index is 1640. The van der Waals surface area contributed by atoms with Crippen molar-refractivity contribution in [1.29, 1.82) is 0 Å². The van der Waals surface area contributed by atoms with Gasteiger partial charge in [-0.15, -0.1) is 0 Å². The van der Waals surface area contributed by atoms with E-state index in [1.165, 1.54) is 28.8 Å². The van der Waals surface area contributed by atoms with E-state index in [0.717, 1.165) is 98.2 Å². The normalized spacial score (nSPS) is 25.1. The molecule has 6 rings (SSSR count). The lowest BCUT2D eigenvalue weighted by atomic mass is 9.62. The van der Waals surface area contributed by atoms with Crippen molar-refractivity contribution < 1.29 is 17.7 Å². The maximum Gasteiger partial charge on any atom is 0.295 e. The molecule has 0 amide bonds. The van der Waals surface area contributed by atoms with E-state index in [0.29, 0.717) is 11.5 Å². The van der Waals surface area contributed by atoms with Gasteiger partial charge in [-0.05, 0) is 109 Å². The molecule has 0 saturated carbocycles. The second-order valence-corrected chi connectivity index (χ2v) is 14.5. The lowest BCUT2D eigenvalue weighted by Crippen LogP contribution is -2.53. The molecule has 0 aromatic heterocycles. The van der Waals surface area contributed by atoms with Crippen molar-refractivity contribution in [3.05, 3.63) is 68.2 Å². The molecule has 0 radical (unpaired) electrons. The lowest BCUT2D eigenvalue weighted by Gasteiger charge is -2.53. The summed E-state index contributed by atoms with van der Waals surface area (Å²) in [6, 6.07) is 7.80. The highest BCUT2D eigenvalue weighted by molar-refractivity contribution is 7.86. The average molecular weight is 590 g/mol. The molecule has 1 fully saturated rings. The summed E-state index contributed by atoms with van der Waals surface area (Å²) in [5.41, 5.74) is 7.80. The molecule has 1 saturated heterocycles.